The molecular formula is C22H26N2O4. The summed E-state index contributed by atoms with van der Waals surface area (Å²) in [5.74, 6) is 0.716. The number of para-hydroxylation sites is 2. The minimum absolute atomic E-state index is 0.146. The van der Waals surface area contributed by atoms with Crippen LogP contribution in [0.1, 0.15) is 25.8 Å². The Kier molecular flexibility index (Phi) is 6.19. The number of rotatable bonds is 6. The third-order valence-electron chi connectivity index (χ3n) is 4.53. The van der Waals surface area contributed by atoms with Gasteiger partial charge in [-0.3, -0.25) is 9.59 Å². The van der Waals surface area contributed by atoms with Gasteiger partial charge in [-0.2, -0.15) is 0 Å². The normalized spacial score (nSPS) is 16.5. The Labute approximate surface area is 165 Å². The van der Waals surface area contributed by atoms with E-state index in [1.54, 1.807) is 17.9 Å². The van der Waals surface area contributed by atoms with Crippen LogP contribution in [0.4, 0.5) is 5.69 Å². The van der Waals surface area contributed by atoms with Gasteiger partial charge in [0.25, 0.3) is 11.8 Å². The average Bonchev–Trinajstić information content (AvgIpc) is 2.70. The number of aryl methyl sites for hydroxylation is 1. The van der Waals surface area contributed by atoms with Crippen LogP contribution in [0.5, 0.6) is 11.5 Å². The molecule has 0 saturated carbocycles. The molecule has 0 fully saturated rings. The van der Waals surface area contributed by atoms with Crippen molar-refractivity contribution in [3.8, 4) is 11.5 Å². The summed E-state index contributed by atoms with van der Waals surface area (Å²) in [6, 6.07) is 14.8. The molecule has 6 heteroatoms. The van der Waals surface area contributed by atoms with Crippen molar-refractivity contribution in [2.75, 3.05) is 18.0 Å². The Balaban J connectivity index is 1.79. The highest BCUT2D eigenvalue weighted by Gasteiger charge is 2.35. The molecule has 148 valence electrons. The summed E-state index contributed by atoms with van der Waals surface area (Å²) in [6.45, 7) is 6.39. The highest BCUT2D eigenvalue weighted by Crippen LogP contribution is 2.34. The first kappa shape index (κ1) is 19.7. The van der Waals surface area contributed by atoms with Gasteiger partial charge in [-0.15, -0.1) is 0 Å². The zero-order valence-corrected chi connectivity index (χ0v) is 16.5. The predicted molar refractivity (Wildman–Crippen MR) is 108 cm³/mol. The van der Waals surface area contributed by atoms with Crippen LogP contribution >= 0.6 is 0 Å². The summed E-state index contributed by atoms with van der Waals surface area (Å²) in [4.78, 5) is 27.2. The quantitative estimate of drug-likeness (QED) is 0.834. The molecule has 0 spiro atoms. The fourth-order valence-electron chi connectivity index (χ4n) is 3.10. The third kappa shape index (κ3) is 4.44. The largest absolute Gasteiger partial charge is 0.481 e. The standard InChI is InChI=1S/C22H26N2O4/c1-4-12-23-21(25)20-14-24(18-10-5-6-11-19(18)28-20)22(26)16(3)27-17-9-7-8-15(2)13-17/h5-11,13,16,20H,4,12,14H2,1-3H3,(H,23,25)/t16-,20-/m0/s1. The molecule has 1 N–H and O–H groups in total. The van der Waals surface area contributed by atoms with Crippen LogP contribution in [0.25, 0.3) is 0 Å². The molecular weight excluding hydrogens is 356 g/mol. The van der Waals surface area contributed by atoms with Gasteiger partial charge in [-0.25, -0.2) is 0 Å². The fraction of sp³-hybridized carbons (Fsp3) is 0.364. The van der Waals surface area contributed by atoms with E-state index in [2.05, 4.69) is 5.32 Å². The van der Waals surface area contributed by atoms with Crippen LogP contribution in [-0.2, 0) is 9.59 Å². The second-order valence-electron chi connectivity index (χ2n) is 6.89. The van der Waals surface area contributed by atoms with E-state index >= 15 is 0 Å². The maximum atomic E-state index is 13.1. The van der Waals surface area contributed by atoms with Crippen LogP contribution in [-0.4, -0.2) is 37.1 Å². The number of hydrogen-bond acceptors (Lipinski definition) is 4. The summed E-state index contributed by atoms with van der Waals surface area (Å²) >= 11 is 0. The maximum Gasteiger partial charge on any atom is 0.268 e. The van der Waals surface area contributed by atoms with E-state index in [0.29, 0.717) is 23.7 Å². The van der Waals surface area contributed by atoms with Crippen LogP contribution in [0.2, 0.25) is 0 Å². The summed E-state index contributed by atoms with van der Waals surface area (Å²) in [5.41, 5.74) is 1.70. The smallest absolute Gasteiger partial charge is 0.268 e. The molecule has 0 radical (unpaired) electrons. The van der Waals surface area contributed by atoms with Crippen molar-refractivity contribution in [1.82, 2.24) is 5.32 Å². The molecule has 3 rings (SSSR count). The number of benzene rings is 2. The van der Waals surface area contributed by atoms with Crippen molar-refractivity contribution in [2.24, 2.45) is 0 Å². The summed E-state index contributed by atoms with van der Waals surface area (Å²) < 4.78 is 11.7. The minimum Gasteiger partial charge on any atom is -0.481 e. The van der Waals surface area contributed by atoms with Gasteiger partial charge in [-0.05, 0) is 50.1 Å². The van der Waals surface area contributed by atoms with Crippen LogP contribution in [0.3, 0.4) is 0 Å². The summed E-state index contributed by atoms with van der Waals surface area (Å²) in [7, 11) is 0. The number of nitrogens with zero attached hydrogens (tertiary/aromatic N) is 1. The van der Waals surface area contributed by atoms with E-state index in [-0.39, 0.29) is 18.4 Å². The topological polar surface area (TPSA) is 67.9 Å². The van der Waals surface area contributed by atoms with Crippen molar-refractivity contribution in [1.29, 1.82) is 0 Å². The van der Waals surface area contributed by atoms with Gasteiger partial charge in [0, 0.05) is 6.54 Å². The Morgan fingerprint density at radius 2 is 2.04 bits per heavy atom. The van der Waals surface area contributed by atoms with Crippen molar-refractivity contribution >= 4 is 17.5 Å². The number of carbonyl (C=O) groups excluding carboxylic acids is 2. The van der Waals surface area contributed by atoms with E-state index in [4.69, 9.17) is 9.47 Å². The first-order valence-corrected chi connectivity index (χ1v) is 9.57. The van der Waals surface area contributed by atoms with Gasteiger partial charge in [0.15, 0.2) is 12.2 Å². The van der Waals surface area contributed by atoms with Crippen LogP contribution < -0.4 is 19.7 Å². The molecule has 0 aliphatic carbocycles. The highest BCUT2D eigenvalue weighted by atomic mass is 16.5. The van der Waals surface area contributed by atoms with E-state index in [1.165, 1.54) is 0 Å². The van der Waals surface area contributed by atoms with Gasteiger partial charge in [-0.1, -0.05) is 31.2 Å². The minimum atomic E-state index is -0.753. The Bertz CT molecular complexity index is 852. The molecule has 1 aliphatic rings. The molecule has 0 aromatic heterocycles. The number of fused-ring (bicyclic) bond motifs is 1. The molecule has 2 aromatic rings. The lowest BCUT2D eigenvalue weighted by molar-refractivity contribution is -0.129. The highest BCUT2D eigenvalue weighted by molar-refractivity contribution is 5.99. The Morgan fingerprint density at radius 1 is 1.25 bits per heavy atom. The molecule has 1 heterocycles. The summed E-state index contributed by atoms with van der Waals surface area (Å²) in [6.07, 6.45) is -0.622. The second-order valence-corrected chi connectivity index (χ2v) is 6.89. The average molecular weight is 382 g/mol. The number of anilines is 1. The Morgan fingerprint density at radius 3 is 2.79 bits per heavy atom. The second kappa shape index (κ2) is 8.78. The van der Waals surface area contributed by atoms with Gasteiger partial charge in [0.2, 0.25) is 0 Å². The van der Waals surface area contributed by atoms with E-state index in [1.807, 2.05) is 56.3 Å². The molecule has 1 aliphatic heterocycles. The number of carbonyl (C=O) groups is 2. The van der Waals surface area contributed by atoms with Crippen molar-refractivity contribution < 1.29 is 19.1 Å². The lowest BCUT2D eigenvalue weighted by Crippen LogP contribution is -2.53. The molecule has 2 amide bonds. The third-order valence-corrected chi connectivity index (χ3v) is 4.53. The van der Waals surface area contributed by atoms with Crippen LogP contribution in [0.15, 0.2) is 48.5 Å². The lowest BCUT2D eigenvalue weighted by atomic mass is 10.1. The van der Waals surface area contributed by atoms with E-state index in [0.717, 1.165) is 12.0 Å². The Hall–Kier alpha value is -3.02. The number of hydrogen-bond donors (Lipinski definition) is 1. The monoisotopic (exact) mass is 382 g/mol. The van der Waals surface area contributed by atoms with Crippen molar-refractivity contribution in [2.45, 2.75) is 39.4 Å². The molecule has 2 atom stereocenters. The van der Waals surface area contributed by atoms with Gasteiger partial charge < -0.3 is 19.7 Å². The lowest BCUT2D eigenvalue weighted by Gasteiger charge is -2.35. The van der Waals surface area contributed by atoms with Gasteiger partial charge in [0.1, 0.15) is 11.5 Å². The molecule has 6 nitrogen and oxygen atoms in total. The van der Waals surface area contributed by atoms with Gasteiger partial charge in [0.05, 0.1) is 12.2 Å². The molecule has 2 aromatic carbocycles. The fourth-order valence-corrected chi connectivity index (χ4v) is 3.10. The van der Waals surface area contributed by atoms with E-state index < -0.39 is 12.2 Å². The first-order valence-electron chi connectivity index (χ1n) is 9.57. The molecule has 28 heavy (non-hydrogen) atoms. The molecule has 0 bridgehead atoms. The number of ether oxygens (including phenoxy) is 2. The van der Waals surface area contributed by atoms with Gasteiger partial charge >= 0.3 is 0 Å². The van der Waals surface area contributed by atoms with Crippen LogP contribution in [0, 0.1) is 6.92 Å². The summed E-state index contributed by atoms with van der Waals surface area (Å²) in [5, 5.41) is 2.83. The van der Waals surface area contributed by atoms with E-state index in [9.17, 15) is 9.59 Å². The zero-order chi connectivity index (χ0) is 20.1. The predicted octanol–water partition coefficient (Wildman–Crippen LogP) is 3.08. The zero-order valence-electron chi connectivity index (χ0n) is 16.5. The molecule has 0 saturated heterocycles. The number of amides is 2. The number of nitrogens with one attached hydrogen (secondary N) is 1. The molecule has 0 unspecified atom stereocenters. The maximum absolute atomic E-state index is 13.1. The first-order chi connectivity index (χ1) is 13.5. The van der Waals surface area contributed by atoms with Crippen molar-refractivity contribution in [3.05, 3.63) is 54.1 Å². The SMILES string of the molecule is CCCNC(=O)[C@@H]1CN(C(=O)[C@H](C)Oc2cccc(C)c2)c2ccccc2O1. The van der Waals surface area contributed by atoms with Crippen molar-refractivity contribution in [3.63, 3.8) is 0 Å².